The van der Waals surface area contributed by atoms with Crippen molar-refractivity contribution < 1.29 is 9.47 Å². The van der Waals surface area contributed by atoms with Gasteiger partial charge in [-0.05, 0) is 50.4 Å². The lowest BCUT2D eigenvalue weighted by atomic mass is 9.67. The molecule has 2 aliphatic carbocycles. The van der Waals surface area contributed by atoms with E-state index in [0.29, 0.717) is 5.41 Å². The maximum Gasteiger partial charge on any atom is 0.193 e. The number of ether oxygens (including phenoxy) is 2. The molecule has 0 aliphatic heterocycles. The van der Waals surface area contributed by atoms with E-state index in [0.717, 1.165) is 57.8 Å². The van der Waals surface area contributed by atoms with Crippen LogP contribution in [0.3, 0.4) is 0 Å². The van der Waals surface area contributed by atoms with Gasteiger partial charge in [0, 0.05) is 47.0 Å². The number of hydrogen-bond donors (Lipinski definition) is 1. The van der Waals surface area contributed by atoms with Crippen LogP contribution in [0.4, 0.5) is 0 Å². The Balaban J connectivity index is 0.00000288. The normalized spacial score (nSPS) is 19.4. The average Bonchev–Trinajstić information content (AvgIpc) is 3.33. The first kappa shape index (κ1) is 22.0. The number of rotatable bonds is 11. The fourth-order valence-electron chi connectivity index (χ4n) is 3.04. The SMILES string of the molecule is CCNC(=NCC1(CCOC)CCC1)N(C)CCOCC1CC1.I. The molecule has 0 saturated heterocycles. The van der Waals surface area contributed by atoms with E-state index in [4.69, 9.17) is 14.5 Å². The molecule has 2 rings (SSSR count). The number of likely N-dealkylation sites (N-methyl/N-ethyl adjacent to an activating group) is 1. The quantitative estimate of drug-likeness (QED) is 0.226. The van der Waals surface area contributed by atoms with Crippen LogP contribution in [0.2, 0.25) is 0 Å². The van der Waals surface area contributed by atoms with Crippen LogP contribution in [-0.4, -0.2) is 64.5 Å². The number of nitrogens with zero attached hydrogens (tertiary/aromatic N) is 2. The third kappa shape index (κ3) is 7.44. The molecular formula is C18H36IN3O2. The maximum atomic E-state index is 5.75. The van der Waals surface area contributed by atoms with Gasteiger partial charge in [-0.3, -0.25) is 4.99 Å². The molecule has 0 heterocycles. The molecule has 0 atom stereocenters. The van der Waals surface area contributed by atoms with E-state index < -0.39 is 0 Å². The summed E-state index contributed by atoms with van der Waals surface area (Å²) >= 11 is 0. The van der Waals surface area contributed by atoms with Crippen molar-refractivity contribution in [2.24, 2.45) is 16.3 Å². The monoisotopic (exact) mass is 453 g/mol. The summed E-state index contributed by atoms with van der Waals surface area (Å²) in [6.07, 6.45) is 7.73. The summed E-state index contributed by atoms with van der Waals surface area (Å²) in [5.41, 5.74) is 0.375. The fourth-order valence-corrected chi connectivity index (χ4v) is 3.04. The maximum absolute atomic E-state index is 5.75. The second-order valence-corrected chi connectivity index (χ2v) is 7.21. The van der Waals surface area contributed by atoms with Gasteiger partial charge in [-0.1, -0.05) is 6.42 Å². The van der Waals surface area contributed by atoms with Crippen LogP contribution < -0.4 is 5.32 Å². The first-order valence-corrected chi connectivity index (χ1v) is 9.25. The molecule has 0 aromatic carbocycles. The Morgan fingerprint density at radius 2 is 2.04 bits per heavy atom. The van der Waals surface area contributed by atoms with Gasteiger partial charge in [0.2, 0.25) is 0 Å². The van der Waals surface area contributed by atoms with Gasteiger partial charge in [0.25, 0.3) is 0 Å². The van der Waals surface area contributed by atoms with Crippen LogP contribution in [0.5, 0.6) is 0 Å². The minimum absolute atomic E-state index is 0. The molecule has 6 heteroatoms. The highest BCUT2D eigenvalue weighted by Crippen LogP contribution is 2.44. The Labute approximate surface area is 165 Å². The van der Waals surface area contributed by atoms with Gasteiger partial charge in [0.15, 0.2) is 5.96 Å². The van der Waals surface area contributed by atoms with Gasteiger partial charge >= 0.3 is 0 Å². The van der Waals surface area contributed by atoms with Crippen LogP contribution in [0, 0.1) is 11.3 Å². The highest BCUT2D eigenvalue weighted by molar-refractivity contribution is 14.0. The van der Waals surface area contributed by atoms with Crippen molar-refractivity contribution in [3.63, 3.8) is 0 Å². The Hall–Kier alpha value is -0.0800. The fraction of sp³-hybridized carbons (Fsp3) is 0.944. The largest absolute Gasteiger partial charge is 0.385 e. The molecule has 1 N–H and O–H groups in total. The Morgan fingerprint density at radius 3 is 2.58 bits per heavy atom. The summed E-state index contributed by atoms with van der Waals surface area (Å²) in [5.74, 6) is 1.84. The average molecular weight is 453 g/mol. The first-order chi connectivity index (χ1) is 11.2. The van der Waals surface area contributed by atoms with Crippen molar-refractivity contribution in [2.45, 2.75) is 45.4 Å². The molecule has 2 aliphatic rings. The molecule has 0 aromatic heterocycles. The number of nitrogens with one attached hydrogen (secondary N) is 1. The zero-order chi connectivity index (χ0) is 16.5. The van der Waals surface area contributed by atoms with Gasteiger partial charge < -0.3 is 19.7 Å². The molecule has 24 heavy (non-hydrogen) atoms. The lowest BCUT2D eigenvalue weighted by Gasteiger charge is -2.41. The second kappa shape index (κ2) is 11.5. The van der Waals surface area contributed by atoms with Crippen LogP contribution >= 0.6 is 24.0 Å². The van der Waals surface area contributed by atoms with Crippen molar-refractivity contribution in [3.8, 4) is 0 Å². The van der Waals surface area contributed by atoms with Gasteiger partial charge in [-0.2, -0.15) is 0 Å². The topological polar surface area (TPSA) is 46.1 Å². The van der Waals surface area contributed by atoms with Crippen LogP contribution in [0.25, 0.3) is 0 Å². The predicted molar refractivity (Wildman–Crippen MR) is 110 cm³/mol. The van der Waals surface area contributed by atoms with E-state index in [-0.39, 0.29) is 24.0 Å². The summed E-state index contributed by atoms with van der Waals surface area (Å²) in [7, 11) is 3.89. The third-order valence-electron chi connectivity index (χ3n) is 5.13. The van der Waals surface area contributed by atoms with E-state index in [2.05, 4.69) is 24.2 Å². The number of methoxy groups -OCH3 is 1. The van der Waals surface area contributed by atoms with Crippen molar-refractivity contribution in [3.05, 3.63) is 0 Å². The molecule has 142 valence electrons. The van der Waals surface area contributed by atoms with Gasteiger partial charge in [0.05, 0.1) is 6.61 Å². The molecule has 5 nitrogen and oxygen atoms in total. The molecule has 0 amide bonds. The van der Waals surface area contributed by atoms with E-state index in [1.54, 1.807) is 7.11 Å². The minimum atomic E-state index is 0. The number of aliphatic imine (C=N–C) groups is 1. The Morgan fingerprint density at radius 1 is 1.29 bits per heavy atom. The molecule has 0 radical (unpaired) electrons. The van der Waals surface area contributed by atoms with Crippen molar-refractivity contribution in [1.82, 2.24) is 10.2 Å². The summed E-state index contributed by atoms with van der Waals surface area (Å²) in [6, 6.07) is 0. The molecular weight excluding hydrogens is 417 g/mol. The zero-order valence-corrected chi connectivity index (χ0v) is 18.0. The lowest BCUT2D eigenvalue weighted by Crippen LogP contribution is -2.42. The van der Waals surface area contributed by atoms with Crippen molar-refractivity contribution >= 4 is 29.9 Å². The molecule has 0 aromatic rings. The Kier molecular flexibility index (Phi) is 10.5. The van der Waals surface area contributed by atoms with Crippen molar-refractivity contribution in [1.29, 1.82) is 0 Å². The number of guanidine groups is 1. The van der Waals surface area contributed by atoms with Gasteiger partial charge in [-0.15, -0.1) is 24.0 Å². The summed E-state index contributed by atoms with van der Waals surface area (Å²) < 4.78 is 11.0. The van der Waals surface area contributed by atoms with Crippen LogP contribution in [0.1, 0.15) is 45.4 Å². The molecule has 0 spiro atoms. The first-order valence-electron chi connectivity index (χ1n) is 9.25. The summed E-state index contributed by atoms with van der Waals surface area (Å²) in [6.45, 7) is 7.38. The van der Waals surface area contributed by atoms with E-state index in [9.17, 15) is 0 Å². The highest BCUT2D eigenvalue weighted by atomic mass is 127. The van der Waals surface area contributed by atoms with E-state index in [1.165, 1.54) is 32.1 Å². The van der Waals surface area contributed by atoms with E-state index in [1.807, 2.05) is 0 Å². The molecule has 0 bridgehead atoms. The van der Waals surface area contributed by atoms with E-state index >= 15 is 0 Å². The zero-order valence-electron chi connectivity index (χ0n) is 15.7. The molecule has 2 saturated carbocycles. The summed E-state index contributed by atoms with van der Waals surface area (Å²) in [5, 5.41) is 3.41. The highest BCUT2D eigenvalue weighted by Gasteiger charge is 2.36. The lowest BCUT2D eigenvalue weighted by molar-refractivity contribution is 0.0775. The smallest absolute Gasteiger partial charge is 0.193 e. The third-order valence-corrected chi connectivity index (χ3v) is 5.13. The second-order valence-electron chi connectivity index (χ2n) is 7.21. The molecule has 2 fully saturated rings. The van der Waals surface area contributed by atoms with Gasteiger partial charge in [0.1, 0.15) is 0 Å². The van der Waals surface area contributed by atoms with Gasteiger partial charge in [-0.25, -0.2) is 0 Å². The number of halogens is 1. The predicted octanol–water partition coefficient (Wildman–Crippen LogP) is 3.14. The minimum Gasteiger partial charge on any atom is -0.385 e. The Bertz CT molecular complexity index is 371. The standard InChI is InChI=1S/C18H35N3O2.HI/c1-4-19-17(21(2)11-13-23-14-16-6-7-16)20-15-18(8-5-9-18)10-12-22-3;/h16H,4-15H2,1-3H3,(H,19,20);1H. The van der Waals surface area contributed by atoms with Crippen molar-refractivity contribution in [2.75, 3.05) is 53.6 Å². The summed E-state index contributed by atoms with van der Waals surface area (Å²) in [4.78, 5) is 7.10. The van der Waals surface area contributed by atoms with Crippen LogP contribution in [0.15, 0.2) is 4.99 Å². The number of hydrogen-bond acceptors (Lipinski definition) is 3. The molecule has 0 unspecified atom stereocenters. The van der Waals surface area contributed by atoms with Crippen LogP contribution in [-0.2, 0) is 9.47 Å².